The van der Waals surface area contributed by atoms with Crippen LogP contribution >= 0.6 is 11.6 Å². The largest absolute Gasteiger partial charge is 0.325 e. The molecule has 0 fully saturated rings. The van der Waals surface area contributed by atoms with Crippen LogP contribution in [0.1, 0.15) is 19.4 Å². The Balaban J connectivity index is 2.84. The molecule has 0 saturated heterocycles. The fourth-order valence-corrected chi connectivity index (χ4v) is 1.69. The fraction of sp³-hybridized carbons (Fsp3) is 0.429. The molecule has 0 aliphatic carbocycles. The lowest BCUT2D eigenvalue weighted by Crippen LogP contribution is -2.41. The lowest BCUT2D eigenvalue weighted by Gasteiger charge is -2.29. The number of hydrogen-bond donors (Lipinski definition) is 0. The van der Waals surface area contributed by atoms with Gasteiger partial charge in [0.15, 0.2) is 0 Å². The second-order valence-electron chi connectivity index (χ2n) is 4.82. The monoisotopic (exact) mass is 264 g/mol. The van der Waals surface area contributed by atoms with Gasteiger partial charge in [0.05, 0.1) is 11.5 Å². The molecule has 1 rings (SSSR count). The predicted octanol–water partition coefficient (Wildman–Crippen LogP) is 2.80. The molecule has 0 heterocycles. The number of nitriles is 1. The van der Waals surface area contributed by atoms with Crippen molar-refractivity contribution in [1.29, 1.82) is 5.26 Å². The zero-order valence-electron chi connectivity index (χ0n) is 10.7. The number of halogens is 1. The maximum atomic E-state index is 12.3. The highest BCUT2D eigenvalue weighted by Gasteiger charge is 2.31. The maximum Gasteiger partial charge on any atom is 0.230 e. The van der Waals surface area contributed by atoms with Gasteiger partial charge in [0, 0.05) is 12.4 Å². The SMILES string of the molecule is CC(C)(CCl)C(=O)N(CC#N)Cc1ccccc1. The Morgan fingerprint density at radius 1 is 1.39 bits per heavy atom. The standard InChI is InChI=1S/C14H17ClN2O/c1-14(2,11-15)13(18)17(9-8-16)10-12-6-4-3-5-7-12/h3-7H,9-11H2,1-2H3. The van der Waals surface area contributed by atoms with E-state index in [0.717, 1.165) is 5.56 Å². The van der Waals surface area contributed by atoms with Crippen molar-refractivity contribution in [3.63, 3.8) is 0 Å². The van der Waals surface area contributed by atoms with Gasteiger partial charge in [-0.25, -0.2) is 0 Å². The van der Waals surface area contributed by atoms with Crippen molar-refractivity contribution in [3.05, 3.63) is 35.9 Å². The minimum Gasteiger partial charge on any atom is -0.325 e. The molecular weight excluding hydrogens is 248 g/mol. The number of benzene rings is 1. The van der Waals surface area contributed by atoms with Crippen LogP contribution in [0, 0.1) is 16.7 Å². The first-order chi connectivity index (χ1) is 8.51. The van der Waals surface area contributed by atoms with E-state index in [4.69, 9.17) is 16.9 Å². The van der Waals surface area contributed by atoms with Crippen LogP contribution in [0.4, 0.5) is 0 Å². The van der Waals surface area contributed by atoms with E-state index in [0.29, 0.717) is 6.54 Å². The molecule has 0 unspecified atom stereocenters. The van der Waals surface area contributed by atoms with Crippen LogP contribution in [0.5, 0.6) is 0 Å². The summed E-state index contributed by atoms with van der Waals surface area (Å²) >= 11 is 5.80. The summed E-state index contributed by atoms with van der Waals surface area (Å²) in [6, 6.07) is 11.6. The van der Waals surface area contributed by atoms with Crippen LogP contribution in [0.15, 0.2) is 30.3 Å². The quantitative estimate of drug-likeness (QED) is 0.606. The molecule has 0 radical (unpaired) electrons. The number of rotatable bonds is 5. The zero-order valence-corrected chi connectivity index (χ0v) is 11.4. The van der Waals surface area contributed by atoms with E-state index in [2.05, 4.69) is 0 Å². The molecule has 1 aromatic carbocycles. The molecule has 0 atom stereocenters. The Kier molecular flexibility index (Phi) is 5.18. The summed E-state index contributed by atoms with van der Waals surface area (Å²) in [4.78, 5) is 13.8. The molecule has 0 saturated carbocycles. The maximum absolute atomic E-state index is 12.3. The van der Waals surface area contributed by atoms with Crippen molar-refractivity contribution >= 4 is 17.5 Å². The van der Waals surface area contributed by atoms with E-state index in [1.54, 1.807) is 13.8 Å². The highest BCUT2D eigenvalue weighted by atomic mass is 35.5. The first-order valence-corrected chi connectivity index (χ1v) is 6.31. The molecule has 0 aromatic heterocycles. The number of alkyl halides is 1. The second kappa shape index (κ2) is 6.42. The summed E-state index contributed by atoms with van der Waals surface area (Å²) < 4.78 is 0. The molecule has 0 bridgehead atoms. The highest BCUT2D eigenvalue weighted by molar-refractivity contribution is 6.19. The Morgan fingerprint density at radius 3 is 2.50 bits per heavy atom. The van der Waals surface area contributed by atoms with E-state index in [1.165, 1.54) is 4.90 Å². The molecule has 0 spiro atoms. The number of hydrogen-bond acceptors (Lipinski definition) is 2. The number of amides is 1. The minimum atomic E-state index is -0.646. The average Bonchev–Trinajstić information content (AvgIpc) is 2.38. The summed E-state index contributed by atoms with van der Waals surface area (Å²) in [7, 11) is 0. The summed E-state index contributed by atoms with van der Waals surface area (Å²) in [5.74, 6) is 0.144. The van der Waals surface area contributed by atoms with Crippen molar-refractivity contribution in [1.82, 2.24) is 4.90 Å². The Labute approximate surface area is 113 Å². The van der Waals surface area contributed by atoms with Crippen LogP contribution in [-0.2, 0) is 11.3 Å². The van der Waals surface area contributed by atoms with Gasteiger partial charge in [-0.3, -0.25) is 4.79 Å². The van der Waals surface area contributed by atoms with Gasteiger partial charge in [0.25, 0.3) is 0 Å². The summed E-state index contributed by atoms with van der Waals surface area (Å²) in [6.45, 7) is 4.09. The molecule has 0 N–H and O–H groups in total. The normalized spacial score (nSPS) is 10.8. The lowest BCUT2D eigenvalue weighted by molar-refractivity contribution is -0.139. The second-order valence-corrected chi connectivity index (χ2v) is 5.09. The summed E-state index contributed by atoms with van der Waals surface area (Å²) in [5, 5.41) is 8.83. The summed E-state index contributed by atoms with van der Waals surface area (Å²) in [6.07, 6.45) is 0. The molecular formula is C14H17ClN2O. The van der Waals surface area contributed by atoms with Crippen molar-refractivity contribution in [2.45, 2.75) is 20.4 Å². The lowest BCUT2D eigenvalue weighted by atomic mass is 9.94. The van der Waals surface area contributed by atoms with Crippen molar-refractivity contribution < 1.29 is 4.79 Å². The van der Waals surface area contributed by atoms with Crippen LogP contribution in [0.25, 0.3) is 0 Å². The van der Waals surface area contributed by atoms with Crippen molar-refractivity contribution in [3.8, 4) is 6.07 Å². The molecule has 3 nitrogen and oxygen atoms in total. The molecule has 18 heavy (non-hydrogen) atoms. The Morgan fingerprint density at radius 2 is 2.00 bits per heavy atom. The van der Waals surface area contributed by atoms with Gasteiger partial charge in [-0.15, -0.1) is 11.6 Å². The van der Waals surface area contributed by atoms with Crippen LogP contribution < -0.4 is 0 Å². The average molecular weight is 265 g/mol. The van der Waals surface area contributed by atoms with Crippen molar-refractivity contribution in [2.75, 3.05) is 12.4 Å². The van der Waals surface area contributed by atoms with Gasteiger partial charge >= 0.3 is 0 Å². The zero-order chi connectivity index (χ0) is 13.6. The van der Waals surface area contributed by atoms with Gasteiger partial charge in [0.1, 0.15) is 6.54 Å². The van der Waals surface area contributed by atoms with Gasteiger partial charge in [-0.1, -0.05) is 30.3 Å². The molecule has 96 valence electrons. The third-order valence-corrected chi connectivity index (χ3v) is 3.35. The molecule has 1 aromatic rings. The molecule has 0 aliphatic rings. The van der Waals surface area contributed by atoms with Crippen LogP contribution in [-0.4, -0.2) is 23.2 Å². The number of carbonyl (C=O) groups is 1. The minimum absolute atomic E-state index is 0.0774. The summed E-state index contributed by atoms with van der Waals surface area (Å²) in [5.41, 5.74) is 0.360. The molecule has 4 heteroatoms. The first-order valence-electron chi connectivity index (χ1n) is 5.77. The number of nitrogens with zero attached hydrogens (tertiary/aromatic N) is 2. The van der Waals surface area contributed by atoms with Gasteiger partial charge in [0.2, 0.25) is 5.91 Å². The highest BCUT2D eigenvalue weighted by Crippen LogP contribution is 2.21. The third kappa shape index (κ3) is 3.75. The van der Waals surface area contributed by atoms with Gasteiger partial charge in [-0.2, -0.15) is 5.26 Å². The van der Waals surface area contributed by atoms with E-state index in [1.807, 2.05) is 36.4 Å². The van der Waals surface area contributed by atoms with E-state index in [9.17, 15) is 4.79 Å². The van der Waals surface area contributed by atoms with E-state index < -0.39 is 5.41 Å². The topological polar surface area (TPSA) is 44.1 Å². The Hall–Kier alpha value is -1.53. The van der Waals surface area contributed by atoms with Gasteiger partial charge < -0.3 is 4.90 Å². The number of carbonyl (C=O) groups excluding carboxylic acids is 1. The fourth-order valence-electron chi connectivity index (χ4n) is 1.57. The predicted molar refractivity (Wildman–Crippen MR) is 72.0 cm³/mol. The molecule has 1 amide bonds. The molecule has 0 aliphatic heterocycles. The van der Waals surface area contributed by atoms with Crippen LogP contribution in [0.3, 0.4) is 0 Å². The van der Waals surface area contributed by atoms with Gasteiger partial charge in [-0.05, 0) is 19.4 Å². The van der Waals surface area contributed by atoms with Crippen LogP contribution in [0.2, 0.25) is 0 Å². The van der Waals surface area contributed by atoms with E-state index >= 15 is 0 Å². The van der Waals surface area contributed by atoms with E-state index in [-0.39, 0.29) is 18.3 Å². The smallest absolute Gasteiger partial charge is 0.230 e. The first kappa shape index (κ1) is 14.5. The Bertz CT molecular complexity index is 437. The van der Waals surface area contributed by atoms with Crippen molar-refractivity contribution in [2.24, 2.45) is 5.41 Å². The third-order valence-electron chi connectivity index (χ3n) is 2.68.